The molecule has 1 N–H and O–H groups in total. The molecule has 0 spiro atoms. The van der Waals surface area contributed by atoms with Crippen molar-refractivity contribution in [1.29, 1.82) is 0 Å². The lowest BCUT2D eigenvalue weighted by Gasteiger charge is -2.22. The SMILES string of the molecule is CCOc1ccc(C[C@@H](C)NC(=O)OC(C)(C)C)cc1. The zero-order valence-corrected chi connectivity index (χ0v) is 13.0. The van der Waals surface area contributed by atoms with Gasteiger partial charge in [0.25, 0.3) is 0 Å². The first-order chi connectivity index (χ1) is 9.30. The van der Waals surface area contributed by atoms with Crippen LogP contribution in [0.2, 0.25) is 0 Å². The minimum atomic E-state index is -0.469. The molecule has 1 atom stereocenters. The van der Waals surface area contributed by atoms with E-state index in [0.29, 0.717) is 6.61 Å². The van der Waals surface area contributed by atoms with Crippen LogP contribution in [0.25, 0.3) is 0 Å². The van der Waals surface area contributed by atoms with Crippen LogP contribution in [-0.4, -0.2) is 24.3 Å². The summed E-state index contributed by atoms with van der Waals surface area (Å²) in [5, 5.41) is 2.83. The van der Waals surface area contributed by atoms with E-state index in [9.17, 15) is 4.79 Å². The van der Waals surface area contributed by atoms with Crippen LogP contribution in [0.4, 0.5) is 4.79 Å². The summed E-state index contributed by atoms with van der Waals surface area (Å²) in [6.45, 7) is 10.1. The van der Waals surface area contributed by atoms with E-state index in [1.54, 1.807) is 0 Å². The molecule has 1 aromatic rings. The van der Waals surface area contributed by atoms with E-state index in [1.165, 1.54) is 0 Å². The normalized spacial score (nSPS) is 12.7. The number of carbonyl (C=O) groups is 1. The van der Waals surface area contributed by atoms with Crippen molar-refractivity contribution in [2.75, 3.05) is 6.61 Å². The lowest BCUT2D eigenvalue weighted by atomic mass is 10.1. The van der Waals surface area contributed by atoms with E-state index in [-0.39, 0.29) is 12.1 Å². The van der Waals surface area contributed by atoms with Crippen molar-refractivity contribution < 1.29 is 14.3 Å². The molecule has 0 aliphatic rings. The molecular weight excluding hydrogens is 254 g/mol. The maximum absolute atomic E-state index is 11.6. The molecule has 0 heterocycles. The topological polar surface area (TPSA) is 47.6 Å². The van der Waals surface area contributed by atoms with Gasteiger partial charge in [-0.2, -0.15) is 0 Å². The molecule has 4 heteroatoms. The van der Waals surface area contributed by atoms with Crippen LogP contribution in [0.15, 0.2) is 24.3 Å². The summed E-state index contributed by atoms with van der Waals surface area (Å²) < 4.78 is 10.6. The number of hydrogen-bond acceptors (Lipinski definition) is 3. The summed E-state index contributed by atoms with van der Waals surface area (Å²) >= 11 is 0. The van der Waals surface area contributed by atoms with Crippen molar-refractivity contribution in [3.8, 4) is 5.75 Å². The van der Waals surface area contributed by atoms with Gasteiger partial charge in [0.05, 0.1) is 6.61 Å². The van der Waals surface area contributed by atoms with Crippen LogP contribution >= 0.6 is 0 Å². The van der Waals surface area contributed by atoms with Gasteiger partial charge in [-0.1, -0.05) is 12.1 Å². The first-order valence-corrected chi connectivity index (χ1v) is 7.01. The van der Waals surface area contributed by atoms with Gasteiger partial charge in [-0.25, -0.2) is 4.79 Å². The van der Waals surface area contributed by atoms with E-state index < -0.39 is 5.60 Å². The molecule has 1 amide bonds. The van der Waals surface area contributed by atoms with Gasteiger partial charge in [-0.15, -0.1) is 0 Å². The quantitative estimate of drug-likeness (QED) is 0.896. The third-order valence-electron chi connectivity index (χ3n) is 2.54. The van der Waals surface area contributed by atoms with Gasteiger partial charge in [-0.05, 0) is 58.7 Å². The van der Waals surface area contributed by atoms with Crippen LogP contribution in [0.5, 0.6) is 5.75 Å². The number of benzene rings is 1. The highest BCUT2D eigenvalue weighted by molar-refractivity contribution is 5.68. The highest BCUT2D eigenvalue weighted by Crippen LogP contribution is 2.13. The summed E-state index contributed by atoms with van der Waals surface area (Å²) in [5.41, 5.74) is 0.681. The maximum atomic E-state index is 11.6. The molecule has 0 aliphatic carbocycles. The van der Waals surface area contributed by atoms with E-state index in [4.69, 9.17) is 9.47 Å². The number of nitrogens with one attached hydrogen (secondary N) is 1. The smallest absolute Gasteiger partial charge is 0.407 e. The van der Waals surface area contributed by atoms with Crippen LogP contribution in [0.3, 0.4) is 0 Å². The van der Waals surface area contributed by atoms with Crippen LogP contribution in [-0.2, 0) is 11.2 Å². The minimum absolute atomic E-state index is 0.0165. The Kier molecular flexibility index (Phi) is 5.86. The molecule has 0 aromatic heterocycles. The average Bonchev–Trinajstić information content (AvgIpc) is 2.29. The standard InChI is InChI=1S/C16H25NO3/c1-6-19-14-9-7-13(8-10-14)11-12(2)17-15(18)20-16(3,4)5/h7-10,12H,6,11H2,1-5H3,(H,17,18)/t12-/m1/s1. The number of ether oxygens (including phenoxy) is 2. The van der Waals surface area contributed by atoms with Crippen molar-refractivity contribution >= 4 is 6.09 Å². The molecule has 0 unspecified atom stereocenters. The molecule has 0 radical (unpaired) electrons. The zero-order valence-electron chi connectivity index (χ0n) is 13.0. The number of rotatable bonds is 5. The van der Waals surface area contributed by atoms with Crippen molar-refractivity contribution in [2.45, 2.75) is 52.7 Å². The third-order valence-corrected chi connectivity index (χ3v) is 2.54. The predicted molar refractivity (Wildman–Crippen MR) is 80.1 cm³/mol. The van der Waals surface area contributed by atoms with Gasteiger partial charge in [0, 0.05) is 6.04 Å². The number of carbonyl (C=O) groups excluding carboxylic acids is 1. The van der Waals surface area contributed by atoms with Crippen molar-refractivity contribution in [3.05, 3.63) is 29.8 Å². The third kappa shape index (κ3) is 6.45. The first-order valence-electron chi connectivity index (χ1n) is 7.01. The molecule has 0 aliphatic heterocycles. The van der Waals surface area contributed by atoms with Crippen molar-refractivity contribution in [2.24, 2.45) is 0 Å². The molecule has 1 rings (SSSR count). The number of alkyl carbamates (subject to hydrolysis) is 1. The molecular formula is C16H25NO3. The Bertz CT molecular complexity index is 420. The van der Waals surface area contributed by atoms with Gasteiger partial charge in [-0.3, -0.25) is 0 Å². The maximum Gasteiger partial charge on any atom is 0.407 e. The van der Waals surface area contributed by atoms with Gasteiger partial charge < -0.3 is 14.8 Å². The van der Waals surface area contributed by atoms with Gasteiger partial charge in [0.1, 0.15) is 11.4 Å². The van der Waals surface area contributed by atoms with Crippen molar-refractivity contribution in [3.63, 3.8) is 0 Å². The molecule has 20 heavy (non-hydrogen) atoms. The molecule has 4 nitrogen and oxygen atoms in total. The van der Waals surface area contributed by atoms with E-state index in [1.807, 2.05) is 58.9 Å². The fraction of sp³-hybridized carbons (Fsp3) is 0.562. The lowest BCUT2D eigenvalue weighted by Crippen LogP contribution is -2.38. The van der Waals surface area contributed by atoms with Gasteiger partial charge in [0.15, 0.2) is 0 Å². The van der Waals surface area contributed by atoms with Crippen LogP contribution < -0.4 is 10.1 Å². The Morgan fingerprint density at radius 1 is 1.25 bits per heavy atom. The Labute approximate surface area is 121 Å². The molecule has 112 valence electrons. The fourth-order valence-electron chi connectivity index (χ4n) is 1.80. The molecule has 0 bridgehead atoms. The Balaban J connectivity index is 2.45. The number of hydrogen-bond donors (Lipinski definition) is 1. The predicted octanol–water partition coefficient (Wildman–Crippen LogP) is 3.54. The second-order valence-corrected chi connectivity index (χ2v) is 5.83. The van der Waals surface area contributed by atoms with Crippen LogP contribution in [0, 0.1) is 0 Å². The fourth-order valence-corrected chi connectivity index (χ4v) is 1.80. The summed E-state index contributed by atoms with van der Waals surface area (Å²) in [5.74, 6) is 0.865. The molecule has 0 saturated carbocycles. The second kappa shape index (κ2) is 7.17. The highest BCUT2D eigenvalue weighted by Gasteiger charge is 2.17. The number of amides is 1. The largest absolute Gasteiger partial charge is 0.494 e. The lowest BCUT2D eigenvalue weighted by molar-refractivity contribution is 0.0508. The Morgan fingerprint density at radius 2 is 1.85 bits per heavy atom. The summed E-state index contributed by atoms with van der Waals surface area (Å²) in [6, 6.07) is 7.93. The monoisotopic (exact) mass is 279 g/mol. The molecule has 0 saturated heterocycles. The van der Waals surface area contributed by atoms with E-state index >= 15 is 0 Å². The minimum Gasteiger partial charge on any atom is -0.494 e. The van der Waals surface area contributed by atoms with Gasteiger partial charge in [0.2, 0.25) is 0 Å². The summed E-state index contributed by atoms with van der Waals surface area (Å²) in [7, 11) is 0. The first kappa shape index (κ1) is 16.3. The Morgan fingerprint density at radius 3 is 2.35 bits per heavy atom. The zero-order chi connectivity index (χ0) is 15.2. The van der Waals surface area contributed by atoms with Gasteiger partial charge >= 0.3 is 6.09 Å². The van der Waals surface area contributed by atoms with E-state index in [0.717, 1.165) is 17.7 Å². The molecule has 0 fully saturated rings. The summed E-state index contributed by atoms with van der Waals surface area (Å²) in [6.07, 6.45) is 0.377. The Hall–Kier alpha value is -1.71. The average molecular weight is 279 g/mol. The van der Waals surface area contributed by atoms with Crippen molar-refractivity contribution in [1.82, 2.24) is 5.32 Å². The summed E-state index contributed by atoms with van der Waals surface area (Å²) in [4.78, 5) is 11.6. The highest BCUT2D eigenvalue weighted by atomic mass is 16.6. The molecule has 1 aromatic carbocycles. The van der Waals surface area contributed by atoms with E-state index in [2.05, 4.69) is 5.32 Å². The second-order valence-electron chi connectivity index (χ2n) is 5.83. The van der Waals surface area contributed by atoms with Crippen LogP contribution in [0.1, 0.15) is 40.2 Å².